The molecule has 6 heteroatoms. The largest absolute Gasteiger partial charge is 0.396 e. The summed E-state index contributed by atoms with van der Waals surface area (Å²) >= 11 is 1.91. The van der Waals surface area contributed by atoms with Gasteiger partial charge in [0.1, 0.15) is 0 Å². The fourth-order valence-corrected chi connectivity index (χ4v) is 2.74. The average Bonchev–Trinajstić information content (AvgIpc) is 2.71. The van der Waals surface area contributed by atoms with E-state index in [-0.39, 0.29) is 29.8 Å². The summed E-state index contributed by atoms with van der Waals surface area (Å²) in [7, 11) is 0. The van der Waals surface area contributed by atoms with Gasteiger partial charge < -0.3 is 5.11 Å². The zero-order chi connectivity index (χ0) is 11.7. The number of hydrogen-bond donors (Lipinski definition) is 2. The lowest BCUT2D eigenvalue weighted by molar-refractivity contribution is 0.193. The molecule has 0 radical (unpaired) electrons. The van der Waals surface area contributed by atoms with Crippen molar-refractivity contribution in [3.63, 3.8) is 0 Å². The van der Waals surface area contributed by atoms with Crippen LogP contribution in [0.15, 0.2) is 15.8 Å². The Labute approximate surface area is 106 Å². The fraction of sp³-hybridized carbons (Fsp3) is 0.600. The number of H-pyrrole nitrogens is 1. The molecule has 1 saturated carbocycles. The molecule has 0 bridgehead atoms. The van der Waals surface area contributed by atoms with Crippen LogP contribution in [-0.4, -0.2) is 21.3 Å². The van der Waals surface area contributed by atoms with E-state index in [1.165, 1.54) is 0 Å². The second-order valence-electron chi connectivity index (χ2n) is 4.08. The Morgan fingerprint density at radius 2 is 2.25 bits per heavy atom. The van der Waals surface area contributed by atoms with Crippen LogP contribution in [0.2, 0.25) is 0 Å². The maximum Gasteiger partial charge on any atom is 0.328 e. The highest BCUT2D eigenvalue weighted by Gasteiger charge is 2.28. The number of hydrogen-bond acceptors (Lipinski definition) is 3. The van der Waals surface area contributed by atoms with Crippen LogP contribution in [-0.2, 0) is 0 Å². The Balaban J connectivity index is 2.44. The Morgan fingerprint density at radius 1 is 1.50 bits per heavy atom. The average molecular weight is 336 g/mol. The van der Waals surface area contributed by atoms with Crippen LogP contribution < -0.4 is 11.2 Å². The maximum absolute atomic E-state index is 11.7. The van der Waals surface area contributed by atoms with Gasteiger partial charge in [0.15, 0.2) is 0 Å². The SMILES string of the molecule is O=c1[nH]c(=O)n([C@H]2CCC[C@@H]2CO)cc1I. The van der Waals surface area contributed by atoms with Crippen molar-refractivity contribution in [2.24, 2.45) is 5.92 Å². The number of nitrogens with zero attached hydrogens (tertiary/aromatic N) is 1. The summed E-state index contributed by atoms with van der Waals surface area (Å²) in [5, 5.41) is 9.22. The predicted molar refractivity (Wildman–Crippen MR) is 67.5 cm³/mol. The molecule has 1 aliphatic carbocycles. The van der Waals surface area contributed by atoms with E-state index in [4.69, 9.17) is 0 Å². The Bertz CT molecular complexity index is 494. The first-order valence-electron chi connectivity index (χ1n) is 5.25. The summed E-state index contributed by atoms with van der Waals surface area (Å²) in [4.78, 5) is 25.2. The standard InChI is InChI=1S/C10H13IN2O3/c11-7-4-13(10(16)12-9(7)15)8-3-1-2-6(8)5-14/h4,6,8,14H,1-3,5H2,(H,12,15,16)/t6-,8+/m1/s1. The molecule has 0 unspecified atom stereocenters. The minimum absolute atomic E-state index is 0.0165. The van der Waals surface area contributed by atoms with E-state index in [0.717, 1.165) is 19.3 Å². The Hall–Kier alpha value is -0.630. The van der Waals surface area contributed by atoms with Gasteiger partial charge in [-0.05, 0) is 35.4 Å². The van der Waals surface area contributed by atoms with E-state index < -0.39 is 0 Å². The summed E-state index contributed by atoms with van der Waals surface area (Å²) < 4.78 is 2.05. The summed E-state index contributed by atoms with van der Waals surface area (Å²) in [6, 6.07) is 0.0165. The van der Waals surface area contributed by atoms with Gasteiger partial charge in [0.2, 0.25) is 0 Å². The van der Waals surface area contributed by atoms with Crippen molar-refractivity contribution in [1.82, 2.24) is 9.55 Å². The van der Waals surface area contributed by atoms with Crippen molar-refractivity contribution in [1.29, 1.82) is 0 Å². The topological polar surface area (TPSA) is 75.1 Å². The lowest BCUT2D eigenvalue weighted by Crippen LogP contribution is -2.35. The van der Waals surface area contributed by atoms with Gasteiger partial charge in [-0.3, -0.25) is 14.3 Å². The molecule has 1 aromatic heterocycles. The molecule has 2 rings (SSSR count). The molecule has 1 heterocycles. The quantitative estimate of drug-likeness (QED) is 0.772. The zero-order valence-electron chi connectivity index (χ0n) is 8.65. The Morgan fingerprint density at radius 3 is 2.94 bits per heavy atom. The molecule has 1 fully saturated rings. The minimum atomic E-state index is -0.379. The van der Waals surface area contributed by atoms with Gasteiger partial charge in [-0.2, -0.15) is 0 Å². The van der Waals surface area contributed by atoms with E-state index >= 15 is 0 Å². The van der Waals surface area contributed by atoms with Crippen molar-refractivity contribution in [3.05, 3.63) is 30.6 Å². The molecule has 1 aromatic rings. The van der Waals surface area contributed by atoms with Crippen molar-refractivity contribution < 1.29 is 5.11 Å². The molecular formula is C10H13IN2O3. The summed E-state index contributed by atoms with van der Waals surface area (Å²) in [5.74, 6) is 0.124. The number of aliphatic hydroxyl groups excluding tert-OH is 1. The van der Waals surface area contributed by atoms with Crippen molar-refractivity contribution in [3.8, 4) is 0 Å². The summed E-state index contributed by atoms with van der Waals surface area (Å²) in [6.45, 7) is 0.0901. The molecule has 2 atom stereocenters. The molecule has 0 aliphatic heterocycles. The highest BCUT2D eigenvalue weighted by Crippen LogP contribution is 2.34. The normalized spacial score (nSPS) is 24.9. The van der Waals surface area contributed by atoms with Gasteiger partial charge >= 0.3 is 5.69 Å². The molecule has 16 heavy (non-hydrogen) atoms. The van der Waals surface area contributed by atoms with E-state index in [1.54, 1.807) is 10.8 Å². The second-order valence-corrected chi connectivity index (χ2v) is 5.25. The van der Waals surface area contributed by atoms with Gasteiger partial charge in [0, 0.05) is 24.8 Å². The molecule has 0 amide bonds. The first-order valence-corrected chi connectivity index (χ1v) is 6.33. The lowest BCUT2D eigenvalue weighted by Gasteiger charge is -2.19. The minimum Gasteiger partial charge on any atom is -0.396 e. The molecule has 1 aliphatic rings. The van der Waals surface area contributed by atoms with Crippen LogP contribution in [0, 0.1) is 9.49 Å². The number of rotatable bonds is 2. The second kappa shape index (κ2) is 4.70. The Kier molecular flexibility index (Phi) is 3.48. The third-order valence-corrected chi connectivity index (χ3v) is 3.90. The van der Waals surface area contributed by atoms with Crippen molar-refractivity contribution in [2.75, 3.05) is 6.61 Å². The summed E-state index contributed by atoms with van der Waals surface area (Å²) in [5.41, 5.74) is -0.726. The third kappa shape index (κ3) is 2.08. The van der Waals surface area contributed by atoms with E-state index in [2.05, 4.69) is 4.98 Å². The molecular weight excluding hydrogens is 323 g/mol. The van der Waals surface area contributed by atoms with E-state index in [0.29, 0.717) is 3.57 Å². The van der Waals surface area contributed by atoms with Crippen LogP contribution >= 0.6 is 22.6 Å². The fourth-order valence-electron chi connectivity index (χ4n) is 2.30. The highest BCUT2D eigenvalue weighted by molar-refractivity contribution is 14.1. The summed E-state index contributed by atoms with van der Waals surface area (Å²) in [6.07, 6.45) is 4.41. The van der Waals surface area contributed by atoms with Gasteiger partial charge in [-0.1, -0.05) is 6.42 Å². The molecule has 88 valence electrons. The smallest absolute Gasteiger partial charge is 0.328 e. The number of halogens is 1. The van der Waals surface area contributed by atoms with Gasteiger partial charge in [0.05, 0.1) is 3.57 Å². The van der Waals surface area contributed by atoms with E-state index in [9.17, 15) is 14.7 Å². The van der Waals surface area contributed by atoms with Crippen LogP contribution in [0.5, 0.6) is 0 Å². The third-order valence-electron chi connectivity index (χ3n) is 3.14. The van der Waals surface area contributed by atoms with Crippen molar-refractivity contribution >= 4 is 22.6 Å². The first kappa shape index (κ1) is 11.8. The number of aliphatic hydroxyl groups is 1. The van der Waals surface area contributed by atoms with Crippen LogP contribution in [0.25, 0.3) is 0 Å². The van der Waals surface area contributed by atoms with Crippen LogP contribution in [0.3, 0.4) is 0 Å². The van der Waals surface area contributed by atoms with Gasteiger partial charge in [-0.25, -0.2) is 4.79 Å². The van der Waals surface area contributed by atoms with Gasteiger partial charge in [0.25, 0.3) is 5.56 Å². The number of aromatic nitrogens is 2. The van der Waals surface area contributed by atoms with E-state index in [1.807, 2.05) is 22.6 Å². The van der Waals surface area contributed by atoms with Crippen LogP contribution in [0.1, 0.15) is 25.3 Å². The van der Waals surface area contributed by atoms with Gasteiger partial charge in [-0.15, -0.1) is 0 Å². The number of nitrogens with one attached hydrogen (secondary N) is 1. The lowest BCUT2D eigenvalue weighted by atomic mass is 10.1. The first-order chi connectivity index (χ1) is 7.63. The predicted octanol–water partition coefficient (Wildman–Crippen LogP) is 0.475. The highest BCUT2D eigenvalue weighted by atomic mass is 127. The van der Waals surface area contributed by atoms with Crippen LogP contribution in [0.4, 0.5) is 0 Å². The molecule has 0 aromatic carbocycles. The molecule has 5 nitrogen and oxygen atoms in total. The molecule has 0 saturated heterocycles. The maximum atomic E-state index is 11.7. The van der Waals surface area contributed by atoms with Crippen molar-refractivity contribution in [2.45, 2.75) is 25.3 Å². The molecule has 2 N–H and O–H groups in total. The number of aromatic amines is 1. The monoisotopic (exact) mass is 336 g/mol. The molecule has 0 spiro atoms. The zero-order valence-corrected chi connectivity index (χ0v) is 10.8.